The van der Waals surface area contributed by atoms with E-state index in [1.54, 1.807) is 18.9 Å². The molecule has 2 atom stereocenters. The highest BCUT2D eigenvalue weighted by Gasteiger charge is 2.42. The van der Waals surface area contributed by atoms with Crippen LogP contribution in [0.2, 0.25) is 0 Å². The smallest absolute Gasteiger partial charge is 0.263 e. The van der Waals surface area contributed by atoms with E-state index >= 15 is 0 Å². The van der Waals surface area contributed by atoms with Gasteiger partial charge in [0.05, 0.1) is 5.41 Å². The minimum Gasteiger partial charge on any atom is -0.481 e. The molecule has 0 saturated carbocycles. The van der Waals surface area contributed by atoms with E-state index < -0.39 is 11.5 Å². The number of carbonyl (C=O) groups is 2. The van der Waals surface area contributed by atoms with Gasteiger partial charge in [-0.3, -0.25) is 9.59 Å². The minimum absolute atomic E-state index is 0.0186. The molecule has 1 fully saturated rings. The maximum atomic E-state index is 12.5. The van der Waals surface area contributed by atoms with Crippen molar-refractivity contribution in [3.05, 3.63) is 29.8 Å². The summed E-state index contributed by atoms with van der Waals surface area (Å²) < 4.78 is 5.71. The number of hydrogen-bond donors (Lipinski definition) is 1. The van der Waals surface area contributed by atoms with E-state index in [2.05, 4.69) is 5.32 Å². The Morgan fingerprint density at radius 1 is 1.32 bits per heavy atom. The van der Waals surface area contributed by atoms with Crippen LogP contribution in [0.1, 0.15) is 25.8 Å². The normalized spacial score (nSPS) is 22.3. The van der Waals surface area contributed by atoms with Gasteiger partial charge in [-0.2, -0.15) is 0 Å². The first-order valence-corrected chi connectivity index (χ1v) is 7.60. The number of nitrogens with zero attached hydrogens (tertiary/aromatic N) is 1. The molecule has 5 heteroatoms. The minimum atomic E-state index is -0.560. The number of ether oxygens (including phenoxy) is 1. The van der Waals surface area contributed by atoms with Gasteiger partial charge in [0.2, 0.25) is 5.91 Å². The first-order chi connectivity index (χ1) is 10.4. The summed E-state index contributed by atoms with van der Waals surface area (Å²) in [4.78, 5) is 26.1. The lowest BCUT2D eigenvalue weighted by Gasteiger charge is -2.25. The van der Waals surface area contributed by atoms with Crippen LogP contribution in [0.4, 0.5) is 0 Å². The Kier molecular flexibility index (Phi) is 4.74. The number of aryl methyl sites for hydroxylation is 1. The molecule has 1 aliphatic heterocycles. The highest BCUT2D eigenvalue weighted by atomic mass is 16.5. The van der Waals surface area contributed by atoms with Crippen molar-refractivity contribution in [2.45, 2.75) is 33.3 Å². The van der Waals surface area contributed by atoms with Crippen LogP contribution in [0.5, 0.6) is 5.75 Å². The first-order valence-electron chi connectivity index (χ1n) is 7.60. The fourth-order valence-corrected chi connectivity index (χ4v) is 2.76. The van der Waals surface area contributed by atoms with Crippen molar-refractivity contribution in [1.82, 2.24) is 10.2 Å². The molecule has 0 bridgehead atoms. The summed E-state index contributed by atoms with van der Waals surface area (Å²) >= 11 is 0. The summed E-state index contributed by atoms with van der Waals surface area (Å²) in [5, 5.41) is 2.67. The van der Waals surface area contributed by atoms with Crippen LogP contribution in [0.25, 0.3) is 0 Å². The number of amides is 2. The van der Waals surface area contributed by atoms with Crippen molar-refractivity contribution < 1.29 is 14.3 Å². The topological polar surface area (TPSA) is 58.6 Å². The number of carbonyl (C=O) groups excluding carboxylic acids is 2. The number of rotatable bonds is 4. The van der Waals surface area contributed by atoms with Crippen LogP contribution in [-0.4, -0.2) is 43.0 Å². The lowest BCUT2D eigenvalue weighted by molar-refractivity contribution is -0.138. The van der Waals surface area contributed by atoms with Gasteiger partial charge in [0, 0.05) is 20.1 Å². The van der Waals surface area contributed by atoms with Gasteiger partial charge in [0.25, 0.3) is 5.91 Å². The number of likely N-dealkylation sites (tertiary alicyclic amines) is 1. The molecule has 2 rings (SSSR count). The zero-order valence-corrected chi connectivity index (χ0v) is 13.7. The second-order valence-corrected chi connectivity index (χ2v) is 6.22. The van der Waals surface area contributed by atoms with Gasteiger partial charge in [-0.15, -0.1) is 0 Å². The molecule has 0 aromatic heterocycles. The monoisotopic (exact) mass is 304 g/mol. The van der Waals surface area contributed by atoms with E-state index in [0.29, 0.717) is 25.3 Å². The zero-order chi connectivity index (χ0) is 16.3. The SMILES string of the molecule is CNC(=O)[C@]1(C)CCN(C(=O)[C@@H](C)Oc2ccc(C)cc2)C1. The van der Waals surface area contributed by atoms with Crippen LogP contribution in [-0.2, 0) is 9.59 Å². The van der Waals surface area contributed by atoms with Crippen molar-refractivity contribution in [3.8, 4) is 5.75 Å². The van der Waals surface area contributed by atoms with Crippen LogP contribution < -0.4 is 10.1 Å². The Labute approximate surface area is 131 Å². The Morgan fingerprint density at radius 3 is 2.55 bits per heavy atom. The first kappa shape index (κ1) is 16.3. The fourth-order valence-electron chi connectivity index (χ4n) is 2.76. The van der Waals surface area contributed by atoms with Gasteiger partial charge in [0.15, 0.2) is 6.10 Å². The van der Waals surface area contributed by atoms with E-state index in [-0.39, 0.29) is 11.8 Å². The molecule has 120 valence electrons. The molecule has 0 unspecified atom stereocenters. The lowest BCUT2D eigenvalue weighted by Crippen LogP contribution is -2.43. The standard InChI is InChI=1S/C17H24N2O3/c1-12-5-7-14(8-6-12)22-13(2)15(20)19-10-9-17(3,11-19)16(21)18-4/h5-8,13H,9-11H2,1-4H3,(H,18,21)/t13-,17-/m1/s1. The molecule has 1 aliphatic rings. The van der Waals surface area contributed by atoms with E-state index in [1.165, 1.54) is 0 Å². The van der Waals surface area contributed by atoms with Crippen molar-refractivity contribution in [3.63, 3.8) is 0 Å². The van der Waals surface area contributed by atoms with Crippen molar-refractivity contribution in [1.29, 1.82) is 0 Å². The molecular weight excluding hydrogens is 280 g/mol. The van der Waals surface area contributed by atoms with Crippen molar-refractivity contribution >= 4 is 11.8 Å². The maximum Gasteiger partial charge on any atom is 0.263 e. The highest BCUT2D eigenvalue weighted by molar-refractivity contribution is 5.86. The van der Waals surface area contributed by atoms with Gasteiger partial charge < -0.3 is 15.0 Å². The number of benzene rings is 1. The van der Waals surface area contributed by atoms with Gasteiger partial charge in [0.1, 0.15) is 5.75 Å². The molecule has 1 aromatic rings. The summed E-state index contributed by atoms with van der Waals surface area (Å²) in [6.45, 7) is 6.67. The number of hydrogen-bond acceptors (Lipinski definition) is 3. The van der Waals surface area contributed by atoms with Gasteiger partial charge in [-0.05, 0) is 39.3 Å². The summed E-state index contributed by atoms with van der Waals surface area (Å²) in [6, 6.07) is 7.62. The van der Waals surface area contributed by atoms with E-state index in [0.717, 1.165) is 5.56 Å². The Balaban J connectivity index is 1.97. The molecule has 1 saturated heterocycles. The summed E-state index contributed by atoms with van der Waals surface area (Å²) in [5.41, 5.74) is 0.640. The third-order valence-corrected chi connectivity index (χ3v) is 4.24. The van der Waals surface area contributed by atoms with E-state index in [1.807, 2.05) is 38.1 Å². The Hall–Kier alpha value is -2.04. The van der Waals surface area contributed by atoms with Crippen LogP contribution >= 0.6 is 0 Å². The lowest BCUT2D eigenvalue weighted by atomic mass is 9.89. The summed E-state index contributed by atoms with van der Waals surface area (Å²) in [6.07, 6.45) is 0.116. The van der Waals surface area contributed by atoms with Crippen LogP contribution in [0.3, 0.4) is 0 Å². The molecule has 0 aliphatic carbocycles. The molecular formula is C17H24N2O3. The summed E-state index contributed by atoms with van der Waals surface area (Å²) in [7, 11) is 1.63. The van der Waals surface area contributed by atoms with E-state index in [4.69, 9.17) is 4.74 Å². The molecule has 1 aromatic carbocycles. The quantitative estimate of drug-likeness (QED) is 0.922. The highest BCUT2D eigenvalue weighted by Crippen LogP contribution is 2.30. The predicted molar refractivity (Wildman–Crippen MR) is 84.6 cm³/mol. The fraction of sp³-hybridized carbons (Fsp3) is 0.529. The molecule has 22 heavy (non-hydrogen) atoms. The van der Waals surface area contributed by atoms with Crippen molar-refractivity contribution in [2.75, 3.05) is 20.1 Å². The molecule has 1 heterocycles. The van der Waals surface area contributed by atoms with E-state index in [9.17, 15) is 9.59 Å². The van der Waals surface area contributed by atoms with Crippen LogP contribution in [0.15, 0.2) is 24.3 Å². The maximum absolute atomic E-state index is 12.5. The molecule has 1 N–H and O–H groups in total. The molecule has 5 nitrogen and oxygen atoms in total. The second-order valence-electron chi connectivity index (χ2n) is 6.22. The third-order valence-electron chi connectivity index (χ3n) is 4.24. The van der Waals surface area contributed by atoms with Gasteiger partial charge in [-0.1, -0.05) is 17.7 Å². The van der Waals surface area contributed by atoms with Crippen LogP contribution in [0, 0.1) is 12.3 Å². The number of nitrogens with one attached hydrogen (secondary N) is 1. The average Bonchev–Trinajstić information content (AvgIpc) is 2.91. The summed E-state index contributed by atoms with van der Waals surface area (Å²) in [5.74, 6) is 0.586. The molecule has 0 radical (unpaired) electrons. The van der Waals surface area contributed by atoms with Gasteiger partial charge >= 0.3 is 0 Å². The molecule has 2 amide bonds. The van der Waals surface area contributed by atoms with Gasteiger partial charge in [-0.25, -0.2) is 0 Å². The molecule has 0 spiro atoms. The Bertz CT molecular complexity index is 556. The largest absolute Gasteiger partial charge is 0.481 e. The van der Waals surface area contributed by atoms with Crippen molar-refractivity contribution in [2.24, 2.45) is 5.41 Å². The Morgan fingerprint density at radius 2 is 1.95 bits per heavy atom. The third kappa shape index (κ3) is 3.40. The zero-order valence-electron chi connectivity index (χ0n) is 13.7. The predicted octanol–water partition coefficient (Wildman–Crippen LogP) is 1.75. The second kappa shape index (κ2) is 6.38. The average molecular weight is 304 g/mol.